The number of unbranched alkanes of at least 4 members (excludes halogenated alkanes) is 7. The molecule has 0 aromatic carbocycles. The predicted octanol–water partition coefficient (Wildman–Crippen LogP) is 4.63. The molecule has 4 heteroatoms. The van der Waals surface area contributed by atoms with Crippen LogP contribution in [0.4, 0.5) is 11.6 Å². The van der Waals surface area contributed by atoms with Crippen LogP contribution in [-0.2, 0) is 6.42 Å². The molecule has 0 aliphatic heterocycles. The van der Waals surface area contributed by atoms with E-state index in [1.165, 1.54) is 56.9 Å². The van der Waals surface area contributed by atoms with Gasteiger partial charge in [-0.2, -0.15) is 0 Å². The Morgan fingerprint density at radius 2 is 1.48 bits per heavy atom. The first-order valence-electron chi connectivity index (χ1n) is 8.58. The molecule has 0 aliphatic rings. The van der Waals surface area contributed by atoms with Gasteiger partial charge < -0.3 is 10.6 Å². The fourth-order valence-corrected chi connectivity index (χ4v) is 2.58. The van der Waals surface area contributed by atoms with Crippen LogP contribution in [0.15, 0.2) is 6.33 Å². The lowest BCUT2D eigenvalue weighted by molar-refractivity contribution is 0.581. The standard InChI is InChI=1S/C17H32N4/c1-4-6-7-8-9-10-11-12-13-19-17-15(5-2)16(18-3)20-14-21-17/h14H,4-13H2,1-3H3,(H2,18,19,20,21). The first kappa shape index (κ1) is 17.7. The van der Waals surface area contributed by atoms with Crippen molar-refractivity contribution in [3.63, 3.8) is 0 Å². The van der Waals surface area contributed by atoms with Crippen LogP contribution in [0.2, 0.25) is 0 Å². The van der Waals surface area contributed by atoms with Crippen molar-refractivity contribution >= 4 is 11.6 Å². The molecule has 1 heterocycles. The van der Waals surface area contributed by atoms with Crippen molar-refractivity contribution in [2.45, 2.75) is 71.6 Å². The number of aromatic nitrogens is 2. The van der Waals surface area contributed by atoms with Gasteiger partial charge in [-0.05, 0) is 12.8 Å². The fourth-order valence-electron chi connectivity index (χ4n) is 2.58. The molecule has 0 saturated heterocycles. The van der Waals surface area contributed by atoms with E-state index in [0.717, 1.165) is 24.6 Å². The summed E-state index contributed by atoms with van der Waals surface area (Å²) in [6, 6.07) is 0. The molecule has 0 amide bonds. The maximum absolute atomic E-state index is 4.36. The Balaban J connectivity index is 2.18. The summed E-state index contributed by atoms with van der Waals surface area (Å²) in [5, 5.41) is 6.59. The number of anilines is 2. The molecule has 0 radical (unpaired) electrons. The third-order valence-corrected chi connectivity index (χ3v) is 3.86. The molecule has 0 bridgehead atoms. The fraction of sp³-hybridized carbons (Fsp3) is 0.765. The molecule has 0 spiro atoms. The maximum Gasteiger partial charge on any atom is 0.134 e. The molecule has 1 rings (SSSR count). The van der Waals surface area contributed by atoms with E-state index >= 15 is 0 Å². The van der Waals surface area contributed by atoms with Gasteiger partial charge in [0.1, 0.15) is 18.0 Å². The van der Waals surface area contributed by atoms with Gasteiger partial charge in [-0.15, -0.1) is 0 Å². The average molecular weight is 292 g/mol. The summed E-state index contributed by atoms with van der Waals surface area (Å²) in [5.74, 6) is 1.92. The molecule has 0 saturated carbocycles. The molecule has 0 aliphatic carbocycles. The topological polar surface area (TPSA) is 49.8 Å². The Labute approximate surface area is 130 Å². The molecule has 2 N–H and O–H groups in total. The molecular formula is C17H32N4. The SMILES string of the molecule is CCCCCCCCCCNc1ncnc(NC)c1CC. The van der Waals surface area contributed by atoms with E-state index in [0.29, 0.717) is 0 Å². The van der Waals surface area contributed by atoms with Crippen LogP contribution in [0.25, 0.3) is 0 Å². The lowest BCUT2D eigenvalue weighted by Crippen LogP contribution is -2.09. The van der Waals surface area contributed by atoms with Crippen molar-refractivity contribution in [1.29, 1.82) is 0 Å². The zero-order valence-electron chi connectivity index (χ0n) is 14.0. The summed E-state index contributed by atoms with van der Waals surface area (Å²) in [5.41, 5.74) is 1.18. The van der Waals surface area contributed by atoms with Crippen molar-refractivity contribution in [2.75, 3.05) is 24.2 Å². The second-order valence-corrected chi connectivity index (χ2v) is 5.55. The van der Waals surface area contributed by atoms with Gasteiger partial charge in [0.25, 0.3) is 0 Å². The summed E-state index contributed by atoms with van der Waals surface area (Å²) >= 11 is 0. The van der Waals surface area contributed by atoms with Gasteiger partial charge in [-0.1, -0.05) is 58.8 Å². The lowest BCUT2D eigenvalue weighted by Gasteiger charge is -2.12. The summed E-state index contributed by atoms with van der Waals surface area (Å²) in [7, 11) is 1.91. The van der Waals surface area contributed by atoms with Crippen LogP contribution >= 0.6 is 0 Å². The van der Waals surface area contributed by atoms with Crippen LogP contribution in [0, 0.1) is 0 Å². The highest BCUT2D eigenvalue weighted by molar-refractivity contribution is 5.56. The van der Waals surface area contributed by atoms with E-state index in [9.17, 15) is 0 Å². The minimum atomic E-state index is 0.936. The van der Waals surface area contributed by atoms with Gasteiger partial charge in [-0.25, -0.2) is 9.97 Å². The van der Waals surface area contributed by atoms with Crippen molar-refractivity contribution in [3.8, 4) is 0 Å². The smallest absolute Gasteiger partial charge is 0.134 e. The van der Waals surface area contributed by atoms with Gasteiger partial charge in [0.2, 0.25) is 0 Å². The van der Waals surface area contributed by atoms with Crippen LogP contribution < -0.4 is 10.6 Å². The number of hydrogen-bond donors (Lipinski definition) is 2. The summed E-state index contributed by atoms with van der Waals surface area (Å²) in [6.07, 6.45) is 13.4. The highest BCUT2D eigenvalue weighted by Gasteiger charge is 2.07. The largest absolute Gasteiger partial charge is 0.373 e. The third kappa shape index (κ3) is 6.78. The van der Waals surface area contributed by atoms with E-state index < -0.39 is 0 Å². The van der Waals surface area contributed by atoms with Gasteiger partial charge in [0.05, 0.1) is 0 Å². The Morgan fingerprint density at radius 3 is 2.10 bits per heavy atom. The molecule has 4 nitrogen and oxygen atoms in total. The van der Waals surface area contributed by atoms with Gasteiger partial charge in [0.15, 0.2) is 0 Å². The number of rotatable bonds is 12. The summed E-state index contributed by atoms with van der Waals surface area (Å²) in [6.45, 7) is 5.41. The van der Waals surface area contributed by atoms with Crippen molar-refractivity contribution < 1.29 is 0 Å². The van der Waals surface area contributed by atoms with Gasteiger partial charge in [-0.3, -0.25) is 0 Å². The Morgan fingerprint density at radius 1 is 0.857 bits per heavy atom. The van der Waals surface area contributed by atoms with Crippen LogP contribution in [-0.4, -0.2) is 23.6 Å². The first-order valence-corrected chi connectivity index (χ1v) is 8.58. The monoisotopic (exact) mass is 292 g/mol. The Kier molecular flexibility index (Phi) is 9.58. The molecule has 1 aromatic rings. The molecule has 1 aromatic heterocycles. The molecule has 120 valence electrons. The maximum atomic E-state index is 4.36. The molecule has 0 fully saturated rings. The molecule has 0 atom stereocenters. The Hall–Kier alpha value is -1.32. The molecular weight excluding hydrogens is 260 g/mol. The number of nitrogens with one attached hydrogen (secondary N) is 2. The number of nitrogens with zero attached hydrogens (tertiary/aromatic N) is 2. The van der Waals surface area contributed by atoms with Crippen molar-refractivity contribution in [3.05, 3.63) is 11.9 Å². The van der Waals surface area contributed by atoms with Gasteiger partial charge >= 0.3 is 0 Å². The zero-order valence-corrected chi connectivity index (χ0v) is 14.0. The quantitative estimate of drug-likeness (QED) is 0.551. The van der Waals surface area contributed by atoms with E-state index in [4.69, 9.17) is 0 Å². The highest BCUT2D eigenvalue weighted by atomic mass is 15.1. The van der Waals surface area contributed by atoms with Crippen LogP contribution in [0.3, 0.4) is 0 Å². The van der Waals surface area contributed by atoms with E-state index in [2.05, 4.69) is 34.4 Å². The molecule has 21 heavy (non-hydrogen) atoms. The minimum Gasteiger partial charge on any atom is -0.373 e. The second-order valence-electron chi connectivity index (χ2n) is 5.55. The van der Waals surface area contributed by atoms with Crippen LogP contribution in [0.5, 0.6) is 0 Å². The third-order valence-electron chi connectivity index (χ3n) is 3.86. The van der Waals surface area contributed by atoms with E-state index in [-0.39, 0.29) is 0 Å². The predicted molar refractivity (Wildman–Crippen MR) is 92.1 cm³/mol. The first-order chi connectivity index (χ1) is 10.3. The average Bonchev–Trinajstić information content (AvgIpc) is 2.52. The summed E-state index contributed by atoms with van der Waals surface area (Å²) < 4.78 is 0. The number of hydrogen-bond acceptors (Lipinski definition) is 4. The normalized spacial score (nSPS) is 10.6. The van der Waals surface area contributed by atoms with Crippen LogP contribution in [0.1, 0.15) is 70.8 Å². The van der Waals surface area contributed by atoms with E-state index in [1.54, 1.807) is 6.33 Å². The van der Waals surface area contributed by atoms with Gasteiger partial charge in [0, 0.05) is 19.2 Å². The summed E-state index contributed by atoms with van der Waals surface area (Å²) in [4.78, 5) is 8.62. The highest BCUT2D eigenvalue weighted by Crippen LogP contribution is 2.19. The lowest BCUT2D eigenvalue weighted by atomic mass is 10.1. The minimum absolute atomic E-state index is 0.936. The second kappa shape index (κ2) is 11.4. The molecule has 0 unspecified atom stereocenters. The zero-order chi connectivity index (χ0) is 15.3. The van der Waals surface area contributed by atoms with Crippen molar-refractivity contribution in [1.82, 2.24) is 9.97 Å². The Bertz CT molecular complexity index is 379. The van der Waals surface area contributed by atoms with E-state index in [1.807, 2.05) is 7.05 Å². The van der Waals surface area contributed by atoms with Crippen molar-refractivity contribution in [2.24, 2.45) is 0 Å².